The number of nitrogens with zero attached hydrogens (tertiary/aromatic N) is 1. The van der Waals surface area contributed by atoms with Crippen LogP contribution < -0.4 is 10.6 Å². The van der Waals surface area contributed by atoms with Gasteiger partial charge in [0.2, 0.25) is 0 Å². The van der Waals surface area contributed by atoms with Gasteiger partial charge in [-0.05, 0) is 36.5 Å². The molecule has 1 amide bonds. The van der Waals surface area contributed by atoms with Crippen LogP contribution in [0.5, 0.6) is 0 Å². The van der Waals surface area contributed by atoms with E-state index in [2.05, 4.69) is 17.2 Å². The summed E-state index contributed by atoms with van der Waals surface area (Å²) in [5.41, 5.74) is 1.52. The van der Waals surface area contributed by atoms with E-state index in [0.29, 0.717) is 43.5 Å². The first-order valence-corrected chi connectivity index (χ1v) is 7.24. The highest BCUT2D eigenvalue weighted by Crippen LogP contribution is 2.12. The number of ether oxygens (including phenoxy) is 1. The molecule has 1 saturated heterocycles. The zero-order chi connectivity index (χ0) is 15.1. The Morgan fingerprint density at radius 3 is 2.62 bits per heavy atom. The monoisotopic (exact) mass is 305 g/mol. The van der Waals surface area contributed by atoms with E-state index in [9.17, 15) is 4.79 Å². The van der Waals surface area contributed by atoms with Gasteiger partial charge < -0.3 is 20.3 Å². The summed E-state index contributed by atoms with van der Waals surface area (Å²) < 4.78 is 5.25. The van der Waals surface area contributed by atoms with Crippen LogP contribution >= 0.6 is 12.2 Å². The highest BCUT2D eigenvalue weighted by molar-refractivity contribution is 7.80. The third-order valence-electron chi connectivity index (χ3n) is 3.09. The summed E-state index contributed by atoms with van der Waals surface area (Å²) in [6.07, 6.45) is 1.73. The number of hydrogen-bond donors (Lipinski definition) is 2. The Labute approximate surface area is 130 Å². The molecule has 6 heteroatoms. The van der Waals surface area contributed by atoms with Crippen LogP contribution in [0.1, 0.15) is 10.4 Å². The van der Waals surface area contributed by atoms with Gasteiger partial charge in [0.25, 0.3) is 5.91 Å². The molecule has 2 rings (SSSR count). The van der Waals surface area contributed by atoms with Crippen LogP contribution in [0, 0.1) is 0 Å². The van der Waals surface area contributed by atoms with Gasteiger partial charge >= 0.3 is 0 Å². The number of nitrogens with one attached hydrogen (secondary N) is 2. The fourth-order valence-electron chi connectivity index (χ4n) is 1.99. The zero-order valence-electron chi connectivity index (χ0n) is 11.8. The quantitative estimate of drug-likeness (QED) is 0.654. The molecular formula is C15H19N3O2S. The van der Waals surface area contributed by atoms with E-state index in [1.165, 1.54) is 0 Å². The fourth-order valence-corrected chi connectivity index (χ4v) is 2.19. The van der Waals surface area contributed by atoms with E-state index in [1.54, 1.807) is 18.2 Å². The average Bonchev–Trinajstić information content (AvgIpc) is 2.54. The van der Waals surface area contributed by atoms with Gasteiger partial charge in [-0.2, -0.15) is 0 Å². The summed E-state index contributed by atoms with van der Waals surface area (Å²) in [5, 5.41) is 6.56. The summed E-state index contributed by atoms with van der Waals surface area (Å²) in [5.74, 6) is 0.0391. The molecule has 0 unspecified atom stereocenters. The third-order valence-corrected chi connectivity index (χ3v) is 3.34. The van der Waals surface area contributed by atoms with E-state index in [4.69, 9.17) is 17.0 Å². The molecule has 112 valence electrons. The highest BCUT2D eigenvalue weighted by atomic mass is 32.1. The fraction of sp³-hybridized carbons (Fsp3) is 0.333. The number of amides is 1. The molecule has 1 aromatic rings. The van der Waals surface area contributed by atoms with Crippen LogP contribution in [0.2, 0.25) is 0 Å². The number of carbonyl (C=O) groups is 1. The summed E-state index contributed by atoms with van der Waals surface area (Å²) >= 11 is 5.13. The van der Waals surface area contributed by atoms with Crippen molar-refractivity contribution in [2.24, 2.45) is 0 Å². The lowest BCUT2D eigenvalue weighted by atomic mass is 10.1. The Hall–Kier alpha value is -1.92. The van der Waals surface area contributed by atoms with Crippen LogP contribution in [0.4, 0.5) is 5.69 Å². The number of hydrogen-bond acceptors (Lipinski definition) is 3. The maximum absolute atomic E-state index is 12.3. The van der Waals surface area contributed by atoms with Gasteiger partial charge in [-0.25, -0.2) is 0 Å². The van der Waals surface area contributed by atoms with E-state index >= 15 is 0 Å². The molecule has 0 spiro atoms. The van der Waals surface area contributed by atoms with E-state index < -0.39 is 0 Å². The predicted octanol–water partition coefficient (Wildman–Crippen LogP) is 1.63. The first kappa shape index (κ1) is 15.5. The Kier molecular flexibility index (Phi) is 5.71. The molecule has 1 aliphatic heterocycles. The van der Waals surface area contributed by atoms with Crippen LogP contribution in [0.3, 0.4) is 0 Å². The molecule has 0 aromatic heterocycles. The minimum Gasteiger partial charge on any atom is -0.378 e. The Morgan fingerprint density at radius 2 is 2.00 bits per heavy atom. The van der Waals surface area contributed by atoms with Gasteiger partial charge in [0.05, 0.1) is 13.2 Å². The molecule has 0 radical (unpaired) electrons. The van der Waals surface area contributed by atoms with Crippen LogP contribution in [0.15, 0.2) is 36.9 Å². The second-order valence-electron chi connectivity index (χ2n) is 4.61. The standard InChI is InChI=1S/C15H19N3O2S/c1-2-7-16-15(21)17-13-5-3-12(4-6-13)14(19)18-8-10-20-11-9-18/h2-6H,1,7-11H2,(H2,16,17,21). The first-order chi connectivity index (χ1) is 10.2. The SMILES string of the molecule is C=CCNC(=S)Nc1ccc(C(=O)N2CCOCC2)cc1. The molecule has 1 fully saturated rings. The summed E-state index contributed by atoms with van der Waals surface area (Å²) in [4.78, 5) is 14.1. The van der Waals surface area contributed by atoms with Crippen molar-refractivity contribution in [2.75, 3.05) is 38.2 Å². The number of morpholine rings is 1. The van der Waals surface area contributed by atoms with Crippen molar-refractivity contribution in [3.05, 3.63) is 42.5 Å². The largest absolute Gasteiger partial charge is 0.378 e. The van der Waals surface area contributed by atoms with Gasteiger partial charge in [0, 0.05) is 30.9 Å². The topological polar surface area (TPSA) is 53.6 Å². The minimum atomic E-state index is 0.0391. The van der Waals surface area contributed by atoms with Gasteiger partial charge in [-0.3, -0.25) is 4.79 Å². The molecule has 5 nitrogen and oxygen atoms in total. The maximum atomic E-state index is 12.3. The normalized spacial score (nSPS) is 14.4. The summed E-state index contributed by atoms with van der Waals surface area (Å²) in [6.45, 7) is 6.73. The molecule has 1 aromatic carbocycles. The van der Waals surface area contributed by atoms with Crippen molar-refractivity contribution in [1.29, 1.82) is 0 Å². The van der Waals surface area contributed by atoms with E-state index in [1.807, 2.05) is 17.0 Å². The van der Waals surface area contributed by atoms with Crippen molar-refractivity contribution in [3.8, 4) is 0 Å². The van der Waals surface area contributed by atoms with Gasteiger partial charge in [-0.15, -0.1) is 6.58 Å². The smallest absolute Gasteiger partial charge is 0.254 e. The highest BCUT2D eigenvalue weighted by Gasteiger charge is 2.18. The van der Waals surface area contributed by atoms with Gasteiger partial charge in [0.1, 0.15) is 0 Å². The Morgan fingerprint density at radius 1 is 1.33 bits per heavy atom. The second kappa shape index (κ2) is 7.75. The van der Waals surface area contributed by atoms with Gasteiger partial charge in [-0.1, -0.05) is 6.08 Å². The first-order valence-electron chi connectivity index (χ1n) is 6.83. The molecular weight excluding hydrogens is 286 g/mol. The number of anilines is 1. The Bertz CT molecular complexity index is 510. The third kappa shape index (κ3) is 4.54. The summed E-state index contributed by atoms with van der Waals surface area (Å²) in [6, 6.07) is 7.29. The molecule has 0 aliphatic carbocycles. The van der Waals surface area contributed by atoms with Crippen LogP contribution in [-0.4, -0.2) is 48.8 Å². The number of rotatable bonds is 4. The van der Waals surface area contributed by atoms with Crippen molar-refractivity contribution in [2.45, 2.75) is 0 Å². The molecule has 0 atom stereocenters. The average molecular weight is 305 g/mol. The molecule has 21 heavy (non-hydrogen) atoms. The van der Waals surface area contributed by atoms with Crippen molar-refractivity contribution in [1.82, 2.24) is 10.2 Å². The zero-order valence-corrected chi connectivity index (χ0v) is 12.6. The second-order valence-corrected chi connectivity index (χ2v) is 5.01. The molecule has 1 heterocycles. The van der Waals surface area contributed by atoms with Crippen molar-refractivity contribution >= 4 is 28.9 Å². The molecule has 0 saturated carbocycles. The van der Waals surface area contributed by atoms with E-state index in [-0.39, 0.29) is 5.91 Å². The van der Waals surface area contributed by atoms with Crippen molar-refractivity contribution < 1.29 is 9.53 Å². The maximum Gasteiger partial charge on any atom is 0.254 e. The van der Waals surface area contributed by atoms with Crippen molar-refractivity contribution in [3.63, 3.8) is 0 Å². The number of thiocarbonyl (C=S) groups is 1. The van der Waals surface area contributed by atoms with Gasteiger partial charge in [0.15, 0.2) is 5.11 Å². The summed E-state index contributed by atoms with van der Waals surface area (Å²) in [7, 11) is 0. The van der Waals surface area contributed by atoms with Crippen LogP contribution in [0.25, 0.3) is 0 Å². The lowest BCUT2D eigenvalue weighted by Gasteiger charge is -2.26. The molecule has 1 aliphatic rings. The van der Waals surface area contributed by atoms with E-state index in [0.717, 1.165) is 5.69 Å². The molecule has 2 N–H and O–H groups in total. The molecule has 0 bridgehead atoms. The Balaban J connectivity index is 1.93. The van der Waals surface area contributed by atoms with Crippen LogP contribution in [-0.2, 0) is 4.74 Å². The number of benzene rings is 1. The predicted molar refractivity (Wildman–Crippen MR) is 87.6 cm³/mol. The lowest BCUT2D eigenvalue weighted by molar-refractivity contribution is 0.0303. The lowest BCUT2D eigenvalue weighted by Crippen LogP contribution is -2.40. The minimum absolute atomic E-state index is 0.0391. The number of carbonyl (C=O) groups excluding carboxylic acids is 1.